The third-order valence-corrected chi connectivity index (χ3v) is 5.59. The van der Waals surface area contributed by atoms with Crippen molar-refractivity contribution in [2.75, 3.05) is 9.96 Å². The van der Waals surface area contributed by atoms with Crippen molar-refractivity contribution >= 4 is 28.9 Å². The van der Waals surface area contributed by atoms with E-state index in [1.54, 1.807) is 11.1 Å². The average Bonchev–Trinajstić information content (AvgIpc) is 3.31. The van der Waals surface area contributed by atoms with Crippen LogP contribution in [-0.4, -0.2) is 22.8 Å². The van der Waals surface area contributed by atoms with Gasteiger partial charge in [-0.3, -0.25) is 24.5 Å². The fraction of sp³-hybridized carbons (Fsp3) is 0.130. The molecule has 2 saturated heterocycles. The lowest BCUT2D eigenvalue weighted by Gasteiger charge is -2.28. The van der Waals surface area contributed by atoms with Gasteiger partial charge in [0.2, 0.25) is 5.91 Å². The van der Waals surface area contributed by atoms with Crippen LogP contribution in [0.5, 0.6) is 0 Å². The van der Waals surface area contributed by atoms with E-state index >= 15 is 0 Å². The van der Waals surface area contributed by atoms with Gasteiger partial charge in [-0.25, -0.2) is 9.96 Å². The van der Waals surface area contributed by atoms with Crippen molar-refractivity contribution in [3.63, 3.8) is 0 Å². The molecule has 3 atom stereocenters. The van der Waals surface area contributed by atoms with Crippen LogP contribution in [0.2, 0.25) is 0 Å². The highest BCUT2D eigenvalue weighted by molar-refractivity contribution is 6.24. The minimum atomic E-state index is -1.07. The molecule has 0 bridgehead atoms. The van der Waals surface area contributed by atoms with Crippen LogP contribution in [0.3, 0.4) is 0 Å². The first kappa shape index (κ1) is 19.0. The SMILES string of the molecule is O=C1C2ON(c3ccccc3)C(c3ccccc3)C2C(=O)N1c1ccccc1[N+](=O)[O-]. The molecule has 0 radical (unpaired) electrons. The zero-order valence-electron chi connectivity index (χ0n) is 16.2. The number of para-hydroxylation sites is 3. The number of hydroxylamine groups is 1. The van der Waals surface area contributed by atoms with E-state index in [2.05, 4.69) is 0 Å². The molecule has 3 aromatic rings. The number of carbonyl (C=O) groups is 2. The Morgan fingerprint density at radius 2 is 1.42 bits per heavy atom. The second kappa shape index (κ2) is 7.33. The number of nitro groups is 1. The smallest absolute Gasteiger partial charge is 0.273 e. The minimum absolute atomic E-state index is 0.0430. The van der Waals surface area contributed by atoms with Gasteiger partial charge in [-0.15, -0.1) is 0 Å². The first-order valence-electron chi connectivity index (χ1n) is 9.75. The predicted octanol–water partition coefficient (Wildman–Crippen LogP) is 3.65. The van der Waals surface area contributed by atoms with E-state index in [4.69, 9.17) is 4.84 Å². The molecular weight excluding hydrogens is 398 g/mol. The van der Waals surface area contributed by atoms with Gasteiger partial charge in [0.05, 0.1) is 16.7 Å². The maximum Gasteiger partial charge on any atom is 0.293 e. The quantitative estimate of drug-likeness (QED) is 0.367. The van der Waals surface area contributed by atoms with Crippen molar-refractivity contribution in [1.82, 2.24) is 0 Å². The highest BCUT2D eigenvalue weighted by atomic mass is 16.7. The molecule has 0 spiro atoms. The molecule has 31 heavy (non-hydrogen) atoms. The summed E-state index contributed by atoms with van der Waals surface area (Å²) in [4.78, 5) is 44.6. The Labute approximate surface area is 177 Å². The molecule has 8 heteroatoms. The fourth-order valence-electron chi connectivity index (χ4n) is 4.25. The molecule has 8 nitrogen and oxygen atoms in total. The van der Waals surface area contributed by atoms with Crippen molar-refractivity contribution < 1.29 is 19.3 Å². The van der Waals surface area contributed by atoms with Crippen LogP contribution in [0.1, 0.15) is 11.6 Å². The number of hydrogen-bond acceptors (Lipinski definition) is 6. The normalized spacial score (nSPS) is 22.6. The number of fused-ring (bicyclic) bond motifs is 1. The second-order valence-electron chi connectivity index (χ2n) is 7.33. The number of hydrogen-bond donors (Lipinski definition) is 0. The average molecular weight is 415 g/mol. The molecule has 0 saturated carbocycles. The first-order chi connectivity index (χ1) is 15.1. The Hall–Kier alpha value is -4.04. The Bertz CT molecular complexity index is 1170. The summed E-state index contributed by atoms with van der Waals surface area (Å²) < 4.78 is 0. The minimum Gasteiger partial charge on any atom is -0.273 e. The summed E-state index contributed by atoms with van der Waals surface area (Å²) in [5, 5.41) is 13.1. The van der Waals surface area contributed by atoms with Crippen LogP contribution in [0.25, 0.3) is 0 Å². The number of anilines is 2. The number of benzene rings is 3. The largest absolute Gasteiger partial charge is 0.293 e. The topological polar surface area (TPSA) is 93.0 Å². The van der Waals surface area contributed by atoms with E-state index in [1.807, 2.05) is 60.7 Å². The zero-order chi connectivity index (χ0) is 21.5. The molecule has 0 N–H and O–H groups in total. The molecule has 2 aliphatic rings. The van der Waals surface area contributed by atoms with Crippen molar-refractivity contribution in [1.29, 1.82) is 0 Å². The van der Waals surface area contributed by atoms with Gasteiger partial charge >= 0.3 is 0 Å². The lowest BCUT2D eigenvalue weighted by molar-refractivity contribution is -0.384. The highest BCUT2D eigenvalue weighted by Gasteiger charge is 2.61. The van der Waals surface area contributed by atoms with Gasteiger partial charge in [-0.2, -0.15) is 0 Å². The molecule has 2 amide bonds. The fourth-order valence-corrected chi connectivity index (χ4v) is 4.25. The second-order valence-corrected chi connectivity index (χ2v) is 7.33. The lowest BCUT2D eigenvalue weighted by atomic mass is 9.90. The molecule has 2 fully saturated rings. The van der Waals surface area contributed by atoms with Crippen molar-refractivity contribution in [3.05, 3.63) is 101 Å². The number of nitro benzene ring substituents is 1. The van der Waals surface area contributed by atoms with Gasteiger partial charge in [0.25, 0.3) is 11.6 Å². The molecule has 2 aliphatic heterocycles. The van der Waals surface area contributed by atoms with Crippen LogP contribution >= 0.6 is 0 Å². The number of carbonyl (C=O) groups excluding carboxylic acids is 2. The van der Waals surface area contributed by atoms with Gasteiger partial charge in [0, 0.05) is 6.07 Å². The van der Waals surface area contributed by atoms with Crippen LogP contribution in [0.15, 0.2) is 84.9 Å². The van der Waals surface area contributed by atoms with Gasteiger partial charge in [-0.1, -0.05) is 60.7 Å². The standard InChI is InChI=1S/C23H17N3O5/c27-22-19-20(15-9-3-1-4-10-15)25(16-11-5-2-6-12-16)31-21(19)23(28)24(22)17-13-7-8-14-18(17)26(29)30/h1-14,19-21H. The summed E-state index contributed by atoms with van der Waals surface area (Å²) in [5.41, 5.74) is 1.17. The third kappa shape index (κ3) is 2.96. The van der Waals surface area contributed by atoms with Gasteiger partial charge in [0.15, 0.2) is 6.10 Å². The summed E-state index contributed by atoms with van der Waals surface area (Å²) >= 11 is 0. The van der Waals surface area contributed by atoms with E-state index in [-0.39, 0.29) is 11.4 Å². The van der Waals surface area contributed by atoms with E-state index in [1.165, 1.54) is 18.2 Å². The van der Waals surface area contributed by atoms with Crippen molar-refractivity contribution in [3.8, 4) is 0 Å². The van der Waals surface area contributed by atoms with Crippen LogP contribution in [-0.2, 0) is 14.4 Å². The highest BCUT2D eigenvalue weighted by Crippen LogP contribution is 2.48. The molecule has 0 aliphatic carbocycles. The molecule has 2 heterocycles. The predicted molar refractivity (Wildman–Crippen MR) is 112 cm³/mol. The van der Waals surface area contributed by atoms with Crippen LogP contribution < -0.4 is 9.96 Å². The van der Waals surface area contributed by atoms with Crippen LogP contribution in [0.4, 0.5) is 17.1 Å². The van der Waals surface area contributed by atoms with Gasteiger partial charge < -0.3 is 0 Å². The molecule has 5 rings (SSSR count). The summed E-state index contributed by atoms with van der Waals surface area (Å²) in [7, 11) is 0. The third-order valence-electron chi connectivity index (χ3n) is 5.59. The van der Waals surface area contributed by atoms with E-state index < -0.39 is 34.8 Å². The number of rotatable bonds is 4. The Balaban J connectivity index is 1.60. The van der Waals surface area contributed by atoms with Gasteiger partial charge in [-0.05, 0) is 23.8 Å². The molecule has 3 aromatic carbocycles. The summed E-state index contributed by atoms with van der Waals surface area (Å²) in [6.07, 6.45) is -1.07. The van der Waals surface area contributed by atoms with E-state index in [0.29, 0.717) is 5.69 Å². The molecule has 0 aromatic heterocycles. The lowest BCUT2D eigenvalue weighted by Crippen LogP contribution is -2.37. The maximum atomic E-state index is 13.5. The van der Waals surface area contributed by atoms with Crippen molar-refractivity contribution in [2.45, 2.75) is 12.1 Å². The van der Waals surface area contributed by atoms with E-state index in [9.17, 15) is 19.7 Å². The molecule has 154 valence electrons. The summed E-state index contributed by atoms with van der Waals surface area (Å²) in [5.74, 6) is -1.96. The monoisotopic (exact) mass is 415 g/mol. The van der Waals surface area contributed by atoms with Crippen molar-refractivity contribution in [2.24, 2.45) is 5.92 Å². The Morgan fingerprint density at radius 1 is 0.806 bits per heavy atom. The molecular formula is C23H17N3O5. The number of nitrogens with zero attached hydrogens (tertiary/aromatic N) is 3. The first-order valence-corrected chi connectivity index (χ1v) is 9.75. The Morgan fingerprint density at radius 3 is 2.10 bits per heavy atom. The number of imide groups is 1. The van der Waals surface area contributed by atoms with Crippen LogP contribution in [0, 0.1) is 16.0 Å². The maximum absolute atomic E-state index is 13.5. The summed E-state index contributed by atoms with van der Waals surface area (Å²) in [6, 6.07) is 23.7. The summed E-state index contributed by atoms with van der Waals surface area (Å²) in [6.45, 7) is 0. The molecule has 3 unspecified atom stereocenters. The van der Waals surface area contributed by atoms with Gasteiger partial charge in [0.1, 0.15) is 11.6 Å². The van der Waals surface area contributed by atoms with E-state index in [0.717, 1.165) is 10.5 Å². The number of amides is 2. The zero-order valence-corrected chi connectivity index (χ0v) is 16.2. The Kier molecular flexibility index (Phi) is 4.48.